The Morgan fingerprint density at radius 2 is 0.736 bits per heavy atom. The molecular weight excluding hydrogens is 1990 g/mol. The van der Waals surface area contributed by atoms with E-state index < -0.39 is 28.6 Å². The smallest absolute Gasteiger partial charge is 0.360 e. The summed E-state index contributed by atoms with van der Waals surface area (Å²) in [5.41, 5.74) is 7.77. The van der Waals surface area contributed by atoms with Gasteiger partial charge in [-0.2, -0.15) is 38.1 Å². The maximum atomic E-state index is 14.8. The molecule has 4 fully saturated rings. The zero-order valence-electron chi connectivity index (χ0n) is 77.1. The molecule has 1 aliphatic carbocycles. The van der Waals surface area contributed by atoms with Crippen LogP contribution in [-0.2, 0) is 45.4 Å². The fourth-order valence-corrected chi connectivity index (χ4v) is 18.3. The Morgan fingerprint density at radius 3 is 1.14 bits per heavy atom. The first kappa shape index (κ1) is 103. The minimum absolute atomic E-state index is 0.0339. The molecule has 744 valence electrons. The van der Waals surface area contributed by atoms with Gasteiger partial charge in [-0.25, -0.2) is 70.8 Å². The van der Waals surface area contributed by atoms with Crippen molar-refractivity contribution in [3.05, 3.63) is 424 Å². The number of piperidine rings is 1. The van der Waals surface area contributed by atoms with Gasteiger partial charge < -0.3 is 30.7 Å². The van der Waals surface area contributed by atoms with Crippen LogP contribution in [0.5, 0.6) is 0 Å². The Kier molecular flexibility index (Phi) is 34.3. The van der Waals surface area contributed by atoms with Crippen molar-refractivity contribution in [3.63, 3.8) is 0 Å². The Hall–Kier alpha value is -13.9. The standard InChI is InChI=1S/C21H19ClF2N4O.C21H21ClFN5O.C21H18ClFN4O.C20H19ClFN5O.C19H17ClF3N5OS/c22-16-5-1-14(2-6-16)11-28-13-25-20(26-21(28)29)27-10-9-18(19(24)12-27)15-3-7-17(23)8-4-15;1-27-12-18(10-19(27)15-4-8-17(23)9-5-15)25-20-24-13-28(21(29)26-20)11-14-2-6-16(22)7-3-14;22-17-6-1-14(2-7-17)12-27-13-24-20(26-21(27)28)25-19-10-5-16(11-19)15-3-8-18(23)9-4-15;21-16-5-1-15(2-6-16)10-27-13-23-19(25-20(27)28)24-18-11-26(12-18)9-14-3-7-17(22)8-4-14;20-14-3-1-13(2-4-14)11-28-12-24-17(25-18(28)29)27-9-7-26(8-10-27)16-6-5-15(30-16)19(21,22)23/h1-8,13,18-19H,9-12H2;2-9,13,18-19H,10-12H2,1H3,(H,25,26,29);1-4,6-9,11,13,19H,5,10,12H2,(H,25,26,28);1-8,13,18H,9-12H2,(H,24,25,28);1-6,12H,7-11H2. The maximum absolute atomic E-state index is 14.8. The highest BCUT2D eigenvalue weighted by molar-refractivity contribution is 7.16. The summed E-state index contributed by atoms with van der Waals surface area (Å²) in [7, 11) is 2.03. The quantitative estimate of drug-likeness (QED) is 0.0474. The van der Waals surface area contributed by atoms with Crippen LogP contribution in [0.15, 0.2) is 292 Å². The number of likely N-dealkylation sites (N-methyl/N-ethyl adjacent to an activating group) is 1. The van der Waals surface area contributed by atoms with Crippen LogP contribution in [0.25, 0.3) is 5.57 Å². The summed E-state index contributed by atoms with van der Waals surface area (Å²) in [5, 5.41) is 13.4. The van der Waals surface area contributed by atoms with Gasteiger partial charge in [-0.1, -0.05) is 173 Å². The maximum Gasteiger partial charge on any atom is 0.425 e. The van der Waals surface area contributed by atoms with E-state index in [1.54, 1.807) is 102 Å². The van der Waals surface area contributed by atoms with Crippen LogP contribution in [-0.4, -0.2) is 173 Å². The number of piperazine rings is 1. The number of anilines is 6. The first-order valence-electron chi connectivity index (χ1n) is 45.8. The van der Waals surface area contributed by atoms with Gasteiger partial charge in [0.15, 0.2) is 0 Å². The average Bonchev–Trinajstić information content (AvgIpc) is 1.32. The van der Waals surface area contributed by atoms with E-state index >= 15 is 0 Å². The molecule has 0 amide bonds. The van der Waals surface area contributed by atoms with Crippen LogP contribution in [0.3, 0.4) is 0 Å². The molecule has 0 radical (unpaired) electrons. The van der Waals surface area contributed by atoms with Gasteiger partial charge in [0.05, 0.1) is 50.3 Å². The number of thiophene rings is 1. The lowest BCUT2D eigenvalue weighted by atomic mass is 9.88. The number of rotatable bonds is 24. The number of allylic oxidation sites excluding steroid dienone is 1. The Morgan fingerprint density at radius 1 is 0.375 bits per heavy atom. The van der Waals surface area contributed by atoms with Gasteiger partial charge in [0.2, 0.25) is 29.7 Å². The molecule has 0 bridgehead atoms. The van der Waals surface area contributed by atoms with E-state index in [2.05, 4.69) is 81.7 Å². The van der Waals surface area contributed by atoms with Crippen molar-refractivity contribution in [2.45, 2.75) is 107 Å². The molecule has 9 aromatic carbocycles. The Labute approximate surface area is 849 Å². The molecule has 28 nitrogen and oxygen atoms in total. The minimum atomic E-state index is -4.32. The second-order valence-corrected chi connectivity index (χ2v) is 38.0. The summed E-state index contributed by atoms with van der Waals surface area (Å²) < 4.78 is 113. The lowest BCUT2D eigenvalue weighted by Crippen LogP contribution is -2.54. The SMILES string of the molecule is CN1CC(Nc2ncn(Cc3ccc(Cl)cc3)c(=O)n2)CC1c1ccc(F)cc1.O=c1nc(N2CCC(c3ccc(F)cc3)C(F)C2)ncn1Cc1ccc(Cl)cc1.O=c1nc(N2CCN(c3ccc(C(F)(F)F)s3)CC2)ncn1Cc1ccc(Cl)cc1.O=c1nc(NC2C=C(c3ccc(F)cc3)CC2)ncn1Cc1ccc(Cl)cc1.O=c1nc(NC2CN(Cc3ccc(F)cc3)C2)ncn1Cc1ccc(Cl)cc1. The summed E-state index contributed by atoms with van der Waals surface area (Å²) >= 11 is 30.1. The van der Waals surface area contributed by atoms with Gasteiger partial charge in [-0.15, -0.1) is 11.3 Å². The van der Waals surface area contributed by atoms with Crippen molar-refractivity contribution in [2.24, 2.45) is 0 Å². The third-order valence-electron chi connectivity index (χ3n) is 24.4. The van der Waals surface area contributed by atoms with Gasteiger partial charge in [0.25, 0.3) is 0 Å². The molecule has 5 atom stereocenters. The molecule has 0 spiro atoms. The summed E-state index contributed by atoms with van der Waals surface area (Å²) in [6.07, 6.45) is 7.07. The van der Waals surface area contributed by atoms with Gasteiger partial charge in [0, 0.05) is 108 Å². The highest BCUT2D eigenvalue weighted by Crippen LogP contribution is 2.40. The number of nitrogens with one attached hydrogen (secondary N) is 3. The lowest BCUT2D eigenvalue weighted by Gasteiger charge is -2.39. The second kappa shape index (κ2) is 48.0. The van der Waals surface area contributed by atoms with Gasteiger partial charge in [-0.05, 0) is 210 Å². The molecule has 6 aromatic heterocycles. The van der Waals surface area contributed by atoms with Crippen LogP contribution in [0, 0.1) is 23.3 Å². The normalized spacial score (nSPS) is 16.9. The van der Waals surface area contributed by atoms with Crippen LogP contribution in [0.2, 0.25) is 25.1 Å². The number of halogens is 13. The molecule has 4 aliphatic heterocycles. The van der Waals surface area contributed by atoms with E-state index in [1.807, 2.05) is 89.6 Å². The van der Waals surface area contributed by atoms with Crippen molar-refractivity contribution in [2.75, 3.05) is 96.6 Å². The minimum Gasteiger partial charge on any atom is -0.360 e. The molecule has 20 rings (SSSR count). The Bertz CT molecular complexity index is 7160. The summed E-state index contributed by atoms with van der Waals surface area (Å²) in [4.78, 5) is 113. The molecule has 0 saturated carbocycles. The van der Waals surface area contributed by atoms with E-state index in [-0.39, 0.29) is 82.9 Å². The molecule has 42 heteroatoms. The molecule has 15 aromatic rings. The van der Waals surface area contributed by atoms with Crippen LogP contribution < -0.4 is 59.1 Å². The second-order valence-electron chi connectivity index (χ2n) is 34.8. The first-order valence-corrected chi connectivity index (χ1v) is 48.5. The van der Waals surface area contributed by atoms with Gasteiger partial charge in [-0.3, -0.25) is 32.6 Å². The lowest BCUT2D eigenvalue weighted by molar-refractivity contribution is -0.134. The summed E-state index contributed by atoms with van der Waals surface area (Å²) in [6.45, 7) is 7.67. The molecule has 5 unspecified atom stereocenters. The number of likely N-dealkylation sites (tertiary alicyclic amines) is 2. The van der Waals surface area contributed by atoms with E-state index in [0.717, 1.165) is 118 Å². The van der Waals surface area contributed by atoms with E-state index in [4.69, 9.17) is 58.0 Å². The van der Waals surface area contributed by atoms with E-state index in [9.17, 15) is 59.1 Å². The van der Waals surface area contributed by atoms with E-state index in [1.165, 1.54) is 109 Å². The molecule has 4 saturated heterocycles. The number of aromatic nitrogens is 15. The molecule has 5 aliphatic rings. The summed E-state index contributed by atoms with van der Waals surface area (Å²) in [5.74, 6) is 0.155. The van der Waals surface area contributed by atoms with Crippen LogP contribution in [0.4, 0.5) is 69.9 Å². The number of alkyl halides is 4. The van der Waals surface area contributed by atoms with Crippen molar-refractivity contribution in [1.82, 2.24) is 82.5 Å². The highest BCUT2D eigenvalue weighted by atomic mass is 35.5. The number of hydrogen-bond acceptors (Lipinski definition) is 24. The fraction of sp³-hybridized carbons (Fsp3) is 0.265. The average molecular weight is 2080 g/mol. The number of nitrogens with zero attached hydrogens (tertiary/aromatic N) is 20. The van der Waals surface area contributed by atoms with Crippen LogP contribution in [0.1, 0.15) is 92.6 Å². The number of hydrogen-bond donors (Lipinski definition) is 3. The van der Waals surface area contributed by atoms with Crippen molar-refractivity contribution in [1.29, 1.82) is 0 Å². The Balaban J connectivity index is 0.000000129. The first-order chi connectivity index (χ1) is 69.4. The zero-order chi connectivity index (χ0) is 101. The highest BCUT2D eigenvalue weighted by Gasteiger charge is 2.36. The fourth-order valence-electron chi connectivity index (χ4n) is 16.8. The van der Waals surface area contributed by atoms with Gasteiger partial charge in [0.1, 0.15) is 66.0 Å². The van der Waals surface area contributed by atoms with Crippen LogP contribution >= 0.6 is 69.3 Å². The van der Waals surface area contributed by atoms with Gasteiger partial charge >= 0.3 is 34.6 Å². The van der Waals surface area contributed by atoms with E-state index in [0.29, 0.717) is 126 Å². The topological polar surface area (TPSA) is 291 Å². The van der Waals surface area contributed by atoms with Crippen molar-refractivity contribution in [3.8, 4) is 0 Å². The third kappa shape index (κ3) is 28.8. The van der Waals surface area contributed by atoms with Crippen molar-refractivity contribution < 1.29 is 35.1 Å². The molecule has 3 N–H and O–H groups in total. The largest absolute Gasteiger partial charge is 0.425 e. The zero-order valence-corrected chi connectivity index (χ0v) is 81.7. The van der Waals surface area contributed by atoms with Crippen molar-refractivity contribution >= 4 is 110 Å². The molecule has 144 heavy (non-hydrogen) atoms. The predicted molar refractivity (Wildman–Crippen MR) is 543 cm³/mol. The third-order valence-corrected chi connectivity index (χ3v) is 26.9. The summed E-state index contributed by atoms with van der Waals surface area (Å²) in [6, 6.07) is 64.8. The molecular formula is C102H94Cl5F8N23O5S. The predicted octanol–water partition coefficient (Wildman–Crippen LogP) is 17.8. The molecule has 10 heterocycles. The monoisotopic (exact) mass is 2080 g/mol. The number of benzene rings is 9.